The summed E-state index contributed by atoms with van der Waals surface area (Å²) < 4.78 is 6.82. The first kappa shape index (κ1) is 23.7. The number of carbonyl (C=O) groups is 1. The van der Waals surface area contributed by atoms with E-state index in [1.807, 2.05) is 22.9 Å². The number of benzene rings is 1. The Morgan fingerprint density at radius 1 is 1.14 bits per heavy atom. The molecule has 1 amide bonds. The number of nitrogens with zero attached hydrogens (tertiary/aromatic N) is 8. The van der Waals surface area contributed by atoms with Crippen molar-refractivity contribution in [3.8, 4) is 0 Å². The van der Waals surface area contributed by atoms with Gasteiger partial charge in [-0.1, -0.05) is 30.4 Å². The molecule has 186 valence electrons. The zero-order valence-corrected chi connectivity index (χ0v) is 21.1. The van der Waals surface area contributed by atoms with Crippen LogP contribution in [0.2, 0.25) is 0 Å². The number of para-hydroxylation sites is 1. The summed E-state index contributed by atoms with van der Waals surface area (Å²) in [6, 6.07) is 6.07. The Morgan fingerprint density at radius 3 is 2.72 bits per heavy atom. The standard InChI is InChI=1S/C24H26N8O3S/c1-4-16-7-5-8-17-19(16)27-23(36-17)32(11-6-10-30-12-9-25-14-30)18(33)13-31-15-26-21-20(31)22(34)29(3)24(35)28(21)2/h5,7-9,12,14-15H,4,6,10-11,13H2,1-3H3. The van der Waals surface area contributed by atoms with Crippen LogP contribution in [0.15, 0.2) is 52.8 Å². The van der Waals surface area contributed by atoms with E-state index in [0.717, 1.165) is 26.8 Å². The lowest BCUT2D eigenvalue weighted by atomic mass is 10.1. The van der Waals surface area contributed by atoms with Gasteiger partial charge in [0.05, 0.1) is 22.9 Å². The number of fused-ring (bicyclic) bond motifs is 2. The van der Waals surface area contributed by atoms with Gasteiger partial charge in [0.15, 0.2) is 16.3 Å². The van der Waals surface area contributed by atoms with E-state index in [0.29, 0.717) is 24.6 Å². The van der Waals surface area contributed by atoms with Crippen molar-refractivity contribution in [1.82, 2.24) is 33.2 Å². The molecule has 5 aromatic rings. The summed E-state index contributed by atoms with van der Waals surface area (Å²) in [6.07, 6.45) is 8.32. The molecule has 0 atom stereocenters. The fourth-order valence-electron chi connectivity index (χ4n) is 4.30. The first-order chi connectivity index (χ1) is 17.4. The smallest absolute Gasteiger partial charge is 0.332 e. The van der Waals surface area contributed by atoms with Crippen molar-refractivity contribution < 1.29 is 4.79 Å². The highest BCUT2D eigenvalue weighted by Crippen LogP contribution is 2.31. The van der Waals surface area contributed by atoms with Gasteiger partial charge in [0.1, 0.15) is 6.54 Å². The summed E-state index contributed by atoms with van der Waals surface area (Å²) in [5, 5.41) is 0.617. The minimum Gasteiger partial charge on any atom is -0.337 e. The lowest BCUT2D eigenvalue weighted by Crippen LogP contribution is -2.39. The van der Waals surface area contributed by atoms with E-state index in [2.05, 4.69) is 23.0 Å². The van der Waals surface area contributed by atoms with Gasteiger partial charge in [-0.2, -0.15) is 0 Å². The number of imidazole rings is 2. The Labute approximate surface area is 209 Å². The molecule has 0 aliphatic rings. The molecule has 0 aliphatic heterocycles. The van der Waals surface area contributed by atoms with Crippen LogP contribution in [-0.4, -0.2) is 45.7 Å². The predicted octanol–water partition coefficient (Wildman–Crippen LogP) is 1.93. The van der Waals surface area contributed by atoms with Gasteiger partial charge in [-0.15, -0.1) is 0 Å². The number of hydrogen-bond acceptors (Lipinski definition) is 7. The lowest BCUT2D eigenvalue weighted by Gasteiger charge is -2.20. The van der Waals surface area contributed by atoms with Crippen LogP contribution in [0.5, 0.6) is 0 Å². The molecule has 5 rings (SSSR count). The second-order valence-electron chi connectivity index (χ2n) is 8.56. The maximum Gasteiger partial charge on any atom is 0.332 e. The SMILES string of the molecule is CCc1cccc2sc(N(CCCn3ccnc3)C(=O)Cn3cnc4c3c(=O)n(C)c(=O)n4C)nc12. The topological polar surface area (TPSA) is 113 Å². The third-order valence-corrected chi connectivity index (χ3v) is 7.33. The second kappa shape index (κ2) is 9.53. The largest absolute Gasteiger partial charge is 0.337 e. The monoisotopic (exact) mass is 506 g/mol. The zero-order valence-electron chi connectivity index (χ0n) is 20.3. The first-order valence-electron chi connectivity index (χ1n) is 11.6. The third kappa shape index (κ3) is 4.13. The normalized spacial score (nSPS) is 11.5. The van der Waals surface area contributed by atoms with Crippen molar-refractivity contribution in [3.05, 3.63) is 69.6 Å². The predicted molar refractivity (Wildman–Crippen MR) is 138 cm³/mol. The van der Waals surface area contributed by atoms with E-state index in [-0.39, 0.29) is 23.6 Å². The van der Waals surface area contributed by atoms with Crippen molar-refractivity contribution in [2.45, 2.75) is 32.9 Å². The van der Waals surface area contributed by atoms with Crippen molar-refractivity contribution >= 4 is 43.8 Å². The molecule has 0 saturated heterocycles. The summed E-state index contributed by atoms with van der Waals surface area (Å²) in [5.41, 5.74) is 1.54. The summed E-state index contributed by atoms with van der Waals surface area (Å²) in [5.74, 6) is -0.215. The average molecular weight is 507 g/mol. The molecule has 12 heteroatoms. The van der Waals surface area contributed by atoms with Crippen molar-refractivity contribution in [2.24, 2.45) is 14.1 Å². The Balaban J connectivity index is 1.50. The van der Waals surface area contributed by atoms with Gasteiger partial charge < -0.3 is 9.13 Å². The van der Waals surface area contributed by atoms with E-state index in [1.54, 1.807) is 24.5 Å². The molecule has 0 radical (unpaired) electrons. The number of carbonyl (C=O) groups excluding carboxylic acids is 1. The van der Waals surface area contributed by atoms with Gasteiger partial charge >= 0.3 is 5.69 Å². The average Bonchev–Trinajstić information content (AvgIpc) is 3.63. The molecule has 1 aromatic carbocycles. The van der Waals surface area contributed by atoms with Gasteiger partial charge in [-0.25, -0.2) is 19.7 Å². The van der Waals surface area contributed by atoms with Crippen LogP contribution in [0.4, 0.5) is 5.13 Å². The second-order valence-corrected chi connectivity index (χ2v) is 9.57. The quantitative estimate of drug-likeness (QED) is 0.318. The molecule has 0 spiro atoms. The fourth-order valence-corrected chi connectivity index (χ4v) is 5.36. The lowest BCUT2D eigenvalue weighted by molar-refractivity contribution is -0.119. The molecule has 0 bridgehead atoms. The van der Waals surface area contributed by atoms with E-state index >= 15 is 0 Å². The Morgan fingerprint density at radius 2 is 1.97 bits per heavy atom. The minimum absolute atomic E-state index is 0.106. The van der Waals surface area contributed by atoms with Crippen molar-refractivity contribution in [3.63, 3.8) is 0 Å². The molecule has 0 unspecified atom stereocenters. The molecular weight excluding hydrogens is 480 g/mol. The third-order valence-electron chi connectivity index (χ3n) is 6.28. The summed E-state index contributed by atoms with van der Waals surface area (Å²) in [4.78, 5) is 53.6. The molecule has 4 aromatic heterocycles. The van der Waals surface area contributed by atoms with Crippen LogP contribution in [0.25, 0.3) is 21.4 Å². The highest BCUT2D eigenvalue weighted by molar-refractivity contribution is 7.22. The highest BCUT2D eigenvalue weighted by atomic mass is 32.1. The fraction of sp³-hybridized carbons (Fsp3) is 0.333. The zero-order chi connectivity index (χ0) is 25.4. The summed E-state index contributed by atoms with van der Waals surface area (Å²) >= 11 is 1.48. The number of anilines is 1. The number of aromatic nitrogens is 7. The van der Waals surface area contributed by atoms with Gasteiger partial charge in [0, 0.05) is 39.6 Å². The Hall–Kier alpha value is -4.06. The molecular formula is C24H26N8O3S. The molecule has 0 saturated carbocycles. The van der Waals surface area contributed by atoms with Crippen LogP contribution in [0.1, 0.15) is 18.9 Å². The number of hydrogen-bond donors (Lipinski definition) is 0. The molecule has 0 fully saturated rings. The van der Waals surface area contributed by atoms with Crippen molar-refractivity contribution in [2.75, 3.05) is 11.4 Å². The number of aryl methyl sites for hydroxylation is 3. The van der Waals surface area contributed by atoms with E-state index in [4.69, 9.17) is 4.98 Å². The van der Waals surface area contributed by atoms with E-state index in [9.17, 15) is 14.4 Å². The highest BCUT2D eigenvalue weighted by Gasteiger charge is 2.23. The molecule has 11 nitrogen and oxygen atoms in total. The number of thiazole rings is 1. The van der Waals surface area contributed by atoms with Gasteiger partial charge in [0.2, 0.25) is 5.91 Å². The van der Waals surface area contributed by atoms with E-state index in [1.165, 1.54) is 33.8 Å². The number of amides is 1. The number of rotatable bonds is 8. The van der Waals surface area contributed by atoms with Gasteiger partial charge in [-0.3, -0.25) is 23.6 Å². The van der Waals surface area contributed by atoms with Gasteiger partial charge in [0.25, 0.3) is 5.56 Å². The first-order valence-corrected chi connectivity index (χ1v) is 12.5. The van der Waals surface area contributed by atoms with Crippen molar-refractivity contribution in [1.29, 1.82) is 0 Å². The summed E-state index contributed by atoms with van der Waals surface area (Å²) in [6.45, 7) is 3.12. The van der Waals surface area contributed by atoms with Crippen LogP contribution in [0, 0.1) is 0 Å². The maximum atomic E-state index is 13.7. The molecule has 36 heavy (non-hydrogen) atoms. The van der Waals surface area contributed by atoms with Crippen LogP contribution in [-0.2, 0) is 38.4 Å². The van der Waals surface area contributed by atoms with Crippen LogP contribution >= 0.6 is 11.3 Å². The minimum atomic E-state index is -0.488. The summed E-state index contributed by atoms with van der Waals surface area (Å²) in [7, 11) is 2.97. The molecule has 0 aliphatic carbocycles. The maximum absolute atomic E-state index is 13.7. The van der Waals surface area contributed by atoms with Crippen LogP contribution in [0.3, 0.4) is 0 Å². The van der Waals surface area contributed by atoms with Gasteiger partial charge in [-0.05, 0) is 24.5 Å². The van der Waals surface area contributed by atoms with Crippen LogP contribution < -0.4 is 16.1 Å². The molecule has 4 heterocycles. The Kier molecular flexibility index (Phi) is 6.27. The molecule has 0 N–H and O–H groups in total. The Bertz CT molecular complexity index is 1680. The van der Waals surface area contributed by atoms with E-state index < -0.39 is 11.2 Å².